The first-order chi connectivity index (χ1) is 15.0. The summed E-state index contributed by atoms with van der Waals surface area (Å²) in [6.45, 7) is 7.13. The molecule has 1 amide bonds. The van der Waals surface area contributed by atoms with Crippen molar-refractivity contribution in [1.82, 2.24) is 0 Å². The van der Waals surface area contributed by atoms with Gasteiger partial charge in [0.05, 0.1) is 9.82 Å². The fourth-order valence-corrected chi connectivity index (χ4v) is 4.46. The van der Waals surface area contributed by atoms with Gasteiger partial charge in [0.1, 0.15) is 10.0 Å². The van der Waals surface area contributed by atoms with E-state index in [1.54, 1.807) is 6.92 Å². The van der Waals surface area contributed by atoms with Crippen LogP contribution in [0.15, 0.2) is 59.5 Å². The van der Waals surface area contributed by atoms with Crippen LogP contribution in [0.2, 0.25) is 0 Å². The topological polar surface area (TPSA) is 120 Å². The van der Waals surface area contributed by atoms with Gasteiger partial charge in [-0.05, 0) is 58.0 Å². The number of carbonyl (C=O) groups is 1. The average Bonchev–Trinajstić information content (AvgIpc) is 2.71. The zero-order valence-corrected chi connectivity index (χ0v) is 18.9. The number of rotatable bonds is 6. The molecular weight excluding hydrogens is 430 g/mol. The molecule has 3 rings (SSSR count). The molecule has 0 aromatic heterocycles. The van der Waals surface area contributed by atoms with Crippen molar-refractivity contribution in [3.05, 3.63) is 97.3 Å². The molecule has 0 saturated heterocycles. The van der Waals surface area contributed by atoms with E-state index in [1.807, 2.05) is 32.9 Å². The molecule has 0 fully saturated rings. The monoisotopic (exact) mass is 452 g/mol. The maximum absolute atomic E-state index is 12.8. The van der Waals surface area contributed by atoms with E-state index in [4.69, 9.17) is 0 Å². The summed E-state index contributed by atoms with van der Waals surface area (Å²) < 4.78 is 29.5. The number of nitro benzene ring substituents is 1. The van der Waals surface area contributed by atoms with Gasteiger partial charge < -0.3 is 10.0 Å². The van der Waals surface area contributed by atoms with Gasteiger partial charge in [-0.2, -0.15) is 0 Å². The molecular formula is C23H22N3O5S-. The quantitative estimate of drug-likeness (QED) is 0.392. The van der Waals surface area contributed by atoms with Crippen LogP contribution in [0.1, 0.15) is 32.6 Å². The molecule has 0 aliphatic heterocycles. The normalized spacial score (nSPS) is 11.1. The second-order valence-corrected chi connectivity index (χ2v) is 9.15. The largest absolute Gasteiger partial charge is 0.572 e. The van der Waals surface area contributed by atoms with Gasteiger partial charge in [-0.25, -0.2) is 8.42 Å². The number of sulfonamides is 1. The van der Waals surface area contributed by atoms with Crippen molar-refractivity contribution in [2.45, 2.75) is 32.6 Å². The molecule has 1 N–H and O–H groups in total. The summed E-state index contributed by atoms with van der Waals surface area (Å²) in [4.78, 5) is 23.0. The van der Waals surface area contributed by atoms with Crippen molar-refractivity contribution >= 4 is 33.0 Å². The minimum atomic E-state index is -3.95. The van der Waals surface area contributed by atoms with E-state index in [2.05, 4.69) is 10.0 Å². The summed E-state index contributed by atoms with van der Waals surface area (Å²) in [6.07, 6.45) is 0. The van der Waals surface area contributed by atoms with Gasteiger partial charge >= 0.3 is 0 Å². The molecule has 0 bridgehead atoms. The molecule has 9 heteroatoms. The maximum atomic E-state index is 12.8. The molecule has 0 saturated carbocycles. The molecule has 3 aromatic rings. The van der Waals surface area contributed by atoms with E-state index in [-0.39, 0.29) is 16.1 Å². The molecule has 3 aromatic carbocycles. The van der Waals surface area contributed by atoms with Crippen molar-refractivity contribution in [2.75, 3.05) is 5.32 Å². The van der Waals surface area contributed by atoms with E-state index >= 15 is 0 Å². The summed E-state index contributed by atoms with van der Waals surface area (Å²) in [5.41, 5.74) is 3.74. The number of carbonyl (C=O) groups excluding carboxylic acids is 1. The van der Waals surface area contributed by atoms with Crippen molar-refractivity contribution in [2.24, 2.45) is 0 Å². The summed E-state index contributed by atoms with van der Waals surface area (Å²) in [7, 11) is -3.95. The summed E-state index contributed by atoms with van der Waals surface area (Å²) in [6, 6.07) is 13.5. The Morgan fingerprint density at radius 3 is 2.06 bits per heavy atom. The van der Waals surface area contributed by atoms with Crippen molar-refractivity contribution < 1.29 is 18.1 Å². The highest BCUT2D eigenvalue weighted by Crippen LogP contribution is 2.34. The standard InChI is InChI=1S/C23H22N3O5S/c1-14-11-16(3)22(17(4)12-14)25-32(30,31)20-9-7-19(8-10-20)24-23(27)18-6-5-15(2)21(13-18)26(28)29/h5-13H,1-4H3,(H,24,27)/q-1. The number of aryl methyl sites for hydroxylation is 4. The lowest BCUT2D eigenvalue weighted by molar-refractivity contribution is -0.385. The Kier molecular flexibility index (Phi) is 6.31. The van der Waals surface area contributed by atoms with Crippen LogP contribution in [0.4, 0.5) is 17.1 Å². The van der Waals surface area contributed by atoms with Crippen molar-refractivity contribution in [1.29, 1.82) is 0 Å². The molecule has 0 spiro atoms. The smallest absolute Gasteiger partial charge is 0.273 e. The molecule has 0 unspecified atom stereocenters. The number of anilines is 1. The van der Waals surface area contributed by atoms with Crippen LogP contribution in [-0.4, -0.2) is 19.2 Å². The molecule has 0 radical (unpaired) electrons. The second-order valence-electron chi connectivity index (χ2n) is 7.55. The third-order valence-electron chi connectivity index (χ3n) is 4.92. The van der Waals surface area contributed by atoms with E-state index in [0.29, 0.717) is 16.9 Å². The lowest BCUT2D eigenvalue weighted by Crippen LogP contribution is -2.12. The number of nitrogens with zero attached hydrogens (tertiary/aromatic N) is 2. The highest BCUT2D eigenvalue weighted by atomic mass is 32.2. The van der Waals surface area contributed by atoms with E-state index in [0.717, 1.165) is 16.7 Å². The zero-order valence-electron chi connectivity index (χ0n) is 18.0. The van der Waals surface area contributed by atoms with Crippen LogP contribution in [-0.2, 0) is 10.0 Å². The Morgan fingerprint density at radius 2 is 1.50 bits per heavy atom. The highest BCUT2D eigenvalue weighted by Gasteiger charge is 2.15. The molecule has 0 heterocycles. The first-order valence-corrected chi connectivity index (χ1v) is 11.1. The van der Waals surface area contributed by atoms with Gasteiger partial charge in [0, 0.05) is 22.9 Å². The Morgan fingerprint density at radius 1 is 0.906 bits per heavy atom. The van der Waals surface area contributed by atoms with Crippen LogP contribution in [0, 0.1) is 37.8 Å². The summed E-state index contributed by atoms with van der Waals surface area (Å²) >= 11 is 0. The molecule has 0 atom stereocenters. The van der Waals surface area contributed by atoms with Crippen LogP contribution >= 0.6 is 0 Å². The minimum Gasteiger partial charge on any atom is -0.572 e. The molecule has 0 aliphatic carbocycles. The van der Waals surface area contributed by atoms with Gasteiger partial charge in [-0.15, -0.1) is 5.69 Å². The Bertz CT molecular complexity index is 1290. The number of nitrogens with one attached hydrogen (secondary N) is 1. The number of hydrogen-bond donors (Lipinski definition) is 1. The van der Waals surface area contributed by atoms with E-state index < -0.39 is 20.9 Å². The number of nitro groups is 1. The Labute approximate surface area is 186 Å². The van der Waals surface area contributed by atoms with E-state index in [1.165, 1.54) is 42.5 Å². The van der Waals surface area contributed by atoms with Crippen molar-refractivity contribution in [3.8, 4) is 0 Å². The van der Waals surface area contributed by atoms with E-state index in [9.17, 15) is 23.3 Å². The number of amides is 1. The maximum Gasteiger partial charge on any atom is 0.273 e. The van der Waals surface area contributed by atoms with Gasteiger partial charge in [0.15, 0.2) is 0 Å². The second kappa shape index (κ2) is 8.80. The summed E-state index contributed by atoms with van der Waals surface area (Å²) in [5, 5.41) is 13.7. The first-order valence-electron chi connectivity index (χ1n) is 9.70. The lowest BCUT2D eigenvalue weighted by atomic mass is 10.1. The fourth-order valence-electron chi connectivity index (χ4n) is 3.35. The van der Waals surface area contributed by atoms with Gasteiger partial charge in [-0.1, -0.05) is 34.9 Å². The first kappa shape index (κ1) is 23.0. The van der Waals surface area contributed by atoms with Crippen LogP contribution in [0.5, 0.6) is 0 Å². The SMILES string of the molecule is Cc1cc(C)c([N-]S(=O)(=O)c2ccc(NC(=O)c3ccc(C)c([N+](=O)[O-])c3)cc2)c(C)c1. The van der Waals surface area contributed by atoms with Crippen molar-refractivity contribution in [3.63, 3.8) is 0 Å². The fraction of sp³-hybridized carbons (Fsp3) is 0.174. The average molecular weight is 453 g/mol. The summed E-state index contributed by atoms with van der Waals surface area (Å²) in [5.74, 6) is -0.542. The van der Waals surface area contributed by atoms with Crippen LogP contribution in [0.3, 0.4) is 0 Å². The van der Waals surface area contributed by atoms with Crippen LogP contribution < -0.4 is 5.32 Å². The van der Waals surface area contributed by atoms with Gasteiger partial charge in [0.25, 0.3) is 11.6 Å². The van der Waals surface area contributed by atoms with Gasteiger partial charge in [0.2, 0.25) is 0 Å². The molecule has 8 nitrogen and oxygen atoms in total. The molecule has 166 valence electrons. The highest BCUT2D eigenvalue weighted by molar-refractivity contribution is 7.94. The number of hydrogen-bond acceptors (Lipinski definition) is 5. The Balaban J connectivity index is 1.78. The molecule has 0 aliphatic rings. The molecule has 32 heavy (non-hydrogen) atoms. The minimum absolute atomic E-state index is 0.0131. The lowest BCUT2D eigenvalue weighted by Gasteiger charge is -2.27. The zero-order chi connectivity index (χ0) is 23.6. The Hall–Kier alpha value is -3.72. The van der Waals surface area contributed by atoms with Gasteiger partial charge in [-0.3, -0.25) is 14.9 Å². The third-order valence-corrected chi connectivity index (χ3v) is 6.22. The predicted molar refractivity (Wildman–Crippen MR) is 123 cm³/mol. The number of benzene rings is 3. The predicted octanol–water partition coefficient (Wildman–Crippen LogP) is 5.47. The van der Waals surface area contributed by atoms with Crippen LogP contribution in [0.25, 0.3) is 4.72 Å². The third kappa shape index (κ3) is 4.94.